The zero-order valence-corrected chi connectivity index (χ0v) is 20.1. The first-order valence-corrected chi connectivity index (χ1v) is 13.1. The first kappa shape index (κ1) is 22.8. The fourth-order valence-corrected chi connectivity index (χ4v) is 6.42. The number of benzene rings is 2. The molecule has 0 radical (unpaired) electrons. The van der Waals surface area contributed by atoms with Crippen molar-refractivity contribution in [3.8, 4) is 0 Å². The highest BCUT2D eigenvalue weighted by Gasteiger charge is 2.28. The van der Waals surface area contributed by atoms with Crippen LogP contribution in [0.5, 0.6) is 0 Å². The van der Waals surface area contributed by atoms with Gasteiger partial charge in [0.05, 0.1) is 11.7 Å². The van der Waals surface area contributed by atoms with Crippen LogP contribution in [0.3, 0.4) is 0 Å². The molecule has 9 heteroatoms. The van der Waals surface area contributed by atoms with Crippen molar-refractivity contribution in [1.82, 2.24) is 13.5 Å². The van der Waals surface area contributed by atoms with Crippen molar-refractivity contribution in [2.24, 2.45) is 11.8 Å². The molecule has 3 aromatic rings. The van der Waals surface area contributed by atoms with E-state index in [1.165, 1.54) is 5.56 Å². The molecule has 1 saturated carbocycles. The van der Waals surface area contributed by atoms with E-state index in [1.54, 1.807) is 18.2 Å². The Morgan fingerprint density at radius 1 is 1.06 bits per heavy atom. The normalized spacial score (nSPS) is 19.2. The topological polar surface area (TPSA) is 101 Å². The summed E-state index contributed by atoms with van der Waals surface area (Å²) in [5.41, 5.74) is 5.23. The number of amides is 1. The van der Waals surface area contributed by atoms with Crippen LogP contribution in [-0.2, 0) is 14.8 Å². The smallest absolute Gasteiger partial charge is 0.242 e. The van der Waals surface area contributed by atoms with Gasteiger partial charge in [-0.3, -0.25) is 4.79 Å². The Morgan fingerprint density at radius 3 is 2.44 bits per heavy atom. The van der Waals surface area contributed by atoms with E-state index >= 15 is 0 Å². The van der Waals surface area contributed by atoms with Crippen LogP contribution in [0.2, 0.25) is 0 Å². The number of hydrogen-bond acceptors (Lipinski definition) is 6. The molecule has 4 rings (SSSR count). The molecule has 0 saturated heterocycles. The number of carbonyl (C=O) groups excluding carboxylic acids is 1. The van der Waals surface area contributed by atoms with Gasteiger partial charge in [-0.1, -0.05) is 23.8 Å². The van der Waals surface area contributed by atoms with Gasteiger partial charge in [0.2, 0.25) is 15.9 Å². The van der Waals surface area contributed by atoms with Gasteiger partial charge in [-0.15, -0.1) is 0 Å². The van der Waals surface area contributed by atoms with E-state index in [1.807, 2.05) is 13.8 Å². The molecule has 1 amide bonds. The molecule has 0 atom stereocenters. The number of nitrogens with one attached hydrogen (secondary N) is 2. The lowest BCUT2D eigenvalue weighted by atomic mass is 9.81. The number of anilines is 1. The van der Waals surface area contributed by atoms with Gasteiger partial charge in [-0.05, 0) is 75.6 Å². The summed E-state index contributed by atoms with van der Waals surface area (Å²) in [6.07, 6.45) is 3.14. The summed E-state index contributed by atoms with van der Waals surface area (Å²) < 4.78 is 36.6. The standard InChI is InChI=1S/C23H28N4O3S2/c1-14-11-15(2)21(16(3)12-14)25-23(28)18-9-7-17(8-10-18)13-24-32(29,30)20-6-4-5-19-22(20)27-31-26-19/h4-6,11-12,17-18,24H,7-10,13H2,1-3H3,(H,25,28). The van der Waals surface area contributed by atoms with Crippen LogP contribution in [-0.4, -0.2) is 29.6 Å². The molecule has 1 aliphatic carbocycles. The van der Waals surface area contributed by atoms with E-state index < -0.39 is 10.0 Å². The SMILES string of the molecule is Cc1cc(C)c(NC(=O)C2CCC(CNS(=O)(=O)c3cccc4nsnc34)CC2)c(C)c1. The number of carbonyl (C=O) groups is 1. The molecule has 2 N–H and O–H groups in total. The molecule has 0 unspecified atom stereocenters. The van der Waals surface area contributed by atoms with Crippen molar-refractivity contribution >= 4 is 44.4 Å². The molecule has 170 valence electrons. The minimum atomic E-state index is -3.66. The van der Waals surface area contributed by atoms with E-state index in [0.717, 1.165) is 54.2 Å². The predicted molar refractivity (Wildman–Crippen MR) is 127 cm³/mol. The lowest BCUT2D eigenvalue weighted by Gasteiger charge is -2.28. The summed E-state index contributed by atoms with van der Waals surface area (Å²) in [6.45, 7) is 6.44. The Balaban J connectivity index is 1.32. The Hall–Kier alpha value is -2.36. The second kappa shape index (κ2) is 9.25. The van der Waals surface area contributed by atoms with E-state index in [2.05, 4.69) is 37.8 Å². The number of hydrogen-bond donors (Lipinski definition) is 2. The summed E-state index contributed by atoms with van der Waals surface area (Å²) >= 11 is 1.00. The monoisotopic (exact) mass is 472 g/mol. The van der Waals surface area contributed by atoms with Gasteiger partial charge >= 0.3 is 0 Å². The van der Waals surface area contributed by atoms with Gasteiger partial charge < -0.3 is 5.32 Å². The lowest BCUT2D eigenvalue weighted by molar-refractivity contribution is -0.121. The molecular weight excluding hydrogens is 444 g/mol. The van der Waals surface area contributed by atoms with Gasteiger partial charge in [0.1, 0.15) is 15.9 Å². The third-order valence-corrected chi connectivity index (χ3v) is 8.24. The summed E-state index contributed by atoms with van der Waals surface area (Å²) in [7, 11) is -3.66. The third kappa shape index (κ3) is 4.84. The number of sulfonamides is 1. The lowest BCUT2D eigenvalue weighted by Crippen LogP contribution is -2.34. The molecule has 1 aromatic heterocycles. The molecule has 0 aliphatic heterocycles. The Morgan fingerprint density at radius 2 is 1.75 bits per heavy atom. The van der Waals surface area contributed by atoms with Gasteiger partial charge in [0.15, 0.2) is 0 Å². The maximum Gasteiger partial charge on any atom is 0.242 e. The average molecular weight is 473 g/mol. The first-order chi connectivity index (χ1) is 15.2. The summed E-state index contributed by atoms with van der Waals surface area (Å²) in [6, 6.07) is 9.15. The highest BCUT2D eigenvalue weighted by Crippen LogP contribution is 2.31. The largest absolute Gasteiger partial charge is 0.325 e. The van der Waals surface area contributed by atoms with E-state index in [9.17, 15) is 13.2 Å². The van der Waals surface area contributed by atoms with E-state index in [0.29, 0.717) is 17.6 Å². The molecule has 0 bridgehead atoms. The Labute approximate surface area is 193 Å². The van der Waals surface area contributed by atoms with Gasteiger partial charge in [-0.2, -0.15) is 8.75 Å². The van der Waals surface area contributed by atoms with Crippen LogP contribution in [0.25, 0.3) is 11.0 Å². The van der Waals surface area contributed by atoms with Crippen LogP contribution in [0, 0.1) is 32.6 Å². The Kier molecular flexibility index (Phi) is 6.60. The number of nitrogens with zero attached hydrogens (tertiary/aromatic N) is 2. The van der Waals surface area contributed by atoms with Crippen LogP contribution >= 0.6 is 11.7 Å². The number of aryl methyl sites for hydroxylation is 3. The zero-order chi connectivity index (χ0) is 22.9. The second-order valence-corrected chi connectivity index (χ2v) is 11.0. The van der Waals surface area contributed by atoms with Crippen molar-refractivity contribution in [1.29, 1.82) is 0 Å². The molecule has 1 aliphatic rings. The van der Waals surface area contributed by atoms with E-state index in [4.69, 9.17) is 0 Å². The molecule has 1 fully saturated rings. The van der Waals surface area contributed by atoms with Crippen molar-refractivity contribution in [2.45, 2.75) is 51.3 Å². The average Bonchev–Trinajstić information content (AvgIpc) is 3.24. The van der Waals surface area contributed by atoms with Crippen LogP contribution in [0.4, 0.5) is 5.69 Å². The van der Waals surface area contributed by atoms with Gasteiger partial charge in [0, 0.05) is 18.2 Å². The summed E-state index contributed by atoms with van der Waals surface area (Å²) in [5.74, 6) is 0.226. The fourth-order valence-electron chi connectivity index (χ4n) is 4.53. The molecule has 32 heavy (non-hydrogen) atoms. The number of rotatable bonds is 6. The highest BCUT2D eigenvalue weighted by molar-refractivity contribution is 7.89. The second-order valence-electron chi connectivity index (χ2n) is 8.72. The van der Waals surface area contributed by atoms with Crippen molar-refractivity contribution in [2.75, 3.05) is 11.9 Å². The van der Waals surface area contributed by atoms with Crippen LogP contribution in [0.1, 0.15) is 42.4 Å². The number of fused-ring (bicyclic) bond motifs is 1. The molecule has 0 spiro atoms. The third-order valence-electron chi connectivity index (χ3n) is 6.24. The van der Waals surface area contributed by atoms with Crippen LogP contribution in [0.15, 0.2) is 35.2 Å². The van der Waals surface area contributed by atoms with Crippen molar-refractivity contribution in [3.05, 3.63) is 47.0 Å². The van der Waals surface area contributed by atoms with Crippen LogP contribution < -0.4 is 10.0 Å². The highest BCUT2D eigenvalue weighted by atomic mass is 32.2. The Bertz CT molecular complexity index is 1220. The van der Waals surface area contributed by atoms with Crippen molar-refractivity contribution in [3.63, 3.8) is 0 Å². The number of aromatic nitrogens is 2. The minimum Gasteiger partial charge on any atom is -0.325 e. The van der Waals surface area contributed by atoms with E-state index in [-0.39, 0.29) is 22.6 Å². The zero-order valence-electron chi connectivity index (χ0n) is 18.5. The summed E-state index contributed by atoms with van der Waals surface area (Å²) in [5, 5.41) is 3.12. The predicted octanol–water partition coefficient (Wildman–Crippen LogP) is 4.34. The maximum atomic E-state index is 12.8. The first-order valence-electron chi connectivity index (χ1n) is 10.8. The fraction of sp³-hybridized carbons (Fsp3) is 0.435. The van der Waals surface area contributed by atoms with Crippen molar-refractivity contribution < 1.29 is 13.2 Å². The molecule has 2 aromatic carbocycles. The maximum absolute atomic E-state index is 12.8. The molecule has 1 heterocycles. The molecular formula is C23H28N4O3S2. The quantitative estimate of drug-likeness (QED) is 0.556. The molecule has 7 nitrogen and oxygen atoms in total. The minimum absolute atomic E-state index is 0.0437. The van der Waals surface area contributed by atoms with Gasteiger partial charge in [-0.25, -0.2) is 13.1 Å². The summed E-state index contributed by atoms with van der Waals surface area (Å²) in [4.78, 5) is 13.0. The van der Waals surface area contributed by atoms with Gasteiger partial charge in [0.25, 0.3) is 0 Å².